The van der Waals surface area contributed by atoms with Gasteiger partial charge >= 0.3 is 5.97 Å². The van der Waals surface area contributed by atoms with Crippen LogP contribution >= 0.6 is 0 Å². The van der Waals surface area contributed by atoms with E-state index in [4.69, 9.17) is 9.15 Å². The molecule has 3 rings (SSSR count). The summed E-state index contributed by atoms with van der Waals surface area (Å²) in [5.41, 5.74) is -0.588. The number of benzene rings is 1. The molecule has 1 unspecified atom stereocenters. The van der Waals surface area contributed by atoms with E-state index in [0.717, 1.165) is 6.07 Å². The fourth-order valence-corrected chi connectivity index (χ4v) is 3.33. The van der Waals surface area contributed by atoms with Gasteiger partial charge in [0.15, 0.2) is 29.3 Å². The summed E-state index contributed by atoms with van der Waals surface area (Å²) in [6.45, 7) is 1.34. The number of furan rings is 1. The third kappa shape index (κ3) is 5.94. The molecule has 2 N–H and O–H groups in total. The molecule has 1 aromatic carbocycles. The van der Waals surface area contributed by atoms with Gasteiger partial charge in [-0.2, -0.15) is 0 Å². The predicted molar refractivity (Wildman–Crippen MR) is 111 cm³/mol. The number of halogens is 3. The Bertz CT molecular complexity index is 1070. The Morgan fingerprint density at radius 3 is 2.47 bits per heavy atom. The lowest BCUT2D eigenvalue weighted by Gasteiger charge is -2.30. The molecule has 12 heteroatoms. The van der Waals surface area contributed by atoms with Crippen LogP contribution in [0.15, 0.2) is 34.9 Å². The topological polar surface area (TPSA) is 118 Å². The second-order valence-corrected chi connectivity index (χ2v) is 7.61. The van der Waals surface area contributed by atoms with E-state index in [2.05, 4.69) is 5.32 Å². The summed E-state index contributed by atoms with van der Waals surface area (Å²) in [7, 11) is 0. The fraction of sp³-hybridized carbons (Fsp3) is 0.364. The first-order chi connectivity index (χ1) is 16.2. The van der Waals surface area contributed by atoms with E-state index in [1.807, 2.05) is 5.32 Å². The van der Waals surface area contributed by atoms with Crippen LogP contribution in [0.4, 0.5) is 18.9 Å². The molecule has 1 aliphatic rings. The Labute approximate surface area is 192 Å². The molecule has 0 saturated carbocycles. The van der Waals surface area contributed by atoms with Crippen LogP contribution in [0.3, 0.4) is 0 Å². The van der Waals surface area contributed by atoms with Gasteiger partial charge in [-0.25, -0.2) is 13.2 Å². The first-order valence-electron chi connectivity index (χ1n) is 10.4. The van der Waals surface area contributed by atoms with Crippen LogP contribution in [0.2, 0.25) is 0 Å². The summed E-state index contributed by atoms with van der Waals surface area (Å²) >= 11 is 0. The van der Waals surface area contributed by atoms with Gasteiger partial charge in [-0.15, -0.1) is 0 Å². The van der Waals surface area contributed by atoms with Crippen molar-refractivity contribution in [2.75, 3.05) is 25.0 Å². The van der Waals surface area contributed by atoms with E-state index in [1.54, 1.807) is 17.0 Å². The first kappa shape index (κ1) is 24.8. The van der Waals surface area contributed by atoms with E-state index in [9.17, 15) is 32.3 Å². The number of nitrogens with one attached hydrogen (secondary N) is 2. The molecule has 1 atom stereocenters. The van der Waals surface area contributed by atoms with Crippen LogP contribution in [0, 0.1) is 23.4 Å². The summed E-state index contributed by atoms with van der Waals surface area (Å²) in [6, 6.07) is 4.64. The highest BCUT2D eigenvalue weighted by molar-refractivity contribution is 5.95. The summed E-state index contributed by atoms with van der Waals surface area (Å²) in [4.78, 5) is 50.2. The van der Waals surface area contributed by atoms with E-state index >= 15 is 0 Å². The maximum Gasteiger partial charge on any atom is 0.309 e. The van der Waals surface area contributed by atoms with Crippen LogP contribution in [-0.4, -0.2) is 54.3 Å². The third-order valence-electron chi connectivity index (χ3n) is 5.24. The van der Waals surface area contributed by atoms with E-state index in [-0.39, 0.29) is 11.7 Å². The van der Waals surface area contributed by atoms with Gasteiger partial charge in [0.1, 0.15) is 0 Å². The highest BCUT2D eigenvalue weighted by atomic mass is 19.2. The van der Waals surface area contributed by atoms with Gasteiger partial charge in [-0.3, -0.25) is 19.2 Å². The second kappa shape index (κ2) is 10.9. The highest BCUT2D eigenvalue weighted by Gasteiger charge is 2.31. The normalized spacial score (nSPS) is 14.9. The van der Waals surface area contributed by atoms with Gasteiger partial charge in [0, 0.05) is 13.1 Å². The van der Waals surface area contributed by atoms with Gasteiger partial charge < -0.3 is 24.7 Å². The molecule has 3 amide bonds. The quantitative estimate of drug-likeness (QED) is 0.463. The molecule has 1 saturated heterocycles. The standard InChI is InChI=1S/C22H22F3N3O6/c1-12(20(30)26-11-17(29)27-15-5-4-14(23)18(24)19(15)25)34-22(32)13-6-8-28(9-7-13)21(31)16-3-2-10-33-16/h2-5,10,12-13H,6-9,11H2,1H3,(H,26,30)(H,27,29). The summed E-state index contributed by atoms with van der Waals surface area (Å²) in [6.07, 6.45) is 0.876. The molecule has 0 radical (unpaired) electrons. The zero-order valence-electron chi connectivity index (χ0n) is 18.1. The molecule has 1 aromatic heterocycles. The Morgan fingerprint density at radius 1 is 1.12 bits per heavy atom. The molecule has 9 nitrogen and oxygen atoms in total. The molecular formula is C22H22F3N3O6. The maximum atomic E-state index is 13.6. The molecular weight excluding hydrogens is 459 g/mol. The number of amides is 3. The Hall–Kier alpha value is -3.83. The average molecular weight is 481 g/mol. The van der Waals surface area contributed by atoms with Crippen molar-refractivity contribution in [3.63, 3.8) is 0 Å². The third-order valence-corrected chi connectivity index (χ3v) is 5.24. The fourth-order valence-electron chi connectivity index (χ4n) is 3.33. The number of anilines is 1. The number of carbonyl (C=O) groups is 4. The minimum Gasteiger partial charge on any atom is -0.459 e. The maximum absolute atomic E-state index is 13.6. The van der Waals surface area contributed by atoms with Crippen LogP contribution in [0.1, 0.15) is 30.3 Å². The van der Waals surface area contributed by atoms with Crippen molar-refractivity contribution in [1.82, 2.24) is 10.2 Å². The lowest BCUT2D eigenvalue weighted by atomic mass is 9.97. The van der Waals surface area contributed by atoms with Gasteiger partial charge in [0.2, 0.25) is 5.91 Å². The van der Waals surface area contributed by atoms with Gasteiger partial charge in [-0.1, -0.05) is 0 Å². The average Bonchev–Trinajstić information content (AvgIpc) is 3.37. The summed E-state index contributed by atoms with van der Waals surface area (Å²) in [5.74, 6) is -7.57. The minimum absolute atomic E-state index is 0.211. The lowest BCUT2D eigenvalue weighted by molar-refractivity contribution is -0.160. The van der Waals surface area contributed by atoms with Crippen LogP contribution in [-0.2, 0) is 19.1 Å². The van der Waals surface area contributed by atoms with E-state index < -0.39 is 59.5 Å². The summed E-state index contributed by atoms with van der Waals surface area (Å²) < 4.78 is 50.0. The van der Waals surface area contributed by atoms with E-state index in [0.29, 0.717) is 32.0 Å². The highest BCUT2D eigenvalue weighted by Crippen LogP contribution is 2.21. The Kier molecular flexibility index (Phi) is 7.92. The molecule has 0 spiro atoms. The van der Waals surface area contributed by atoms with Crippen LogP contribution in [0.5, 0.6) is 0 Å². The monoisotopic (exact) mass is 481 g/mol. The Balaban J connectivity index is 1.41. The van der Waals surface area contributed by atoms with Gasteiger partial charge in [-0.05, 0) is 44.0 Å². The van der Waals surface area contributed by atoms with Crippen molar-refractivity contribution >= 4 is 29.4 Å². The molecule has 2 heterocycles. The SMILES string of the molecule is CC(OC(=O)C1CCN(C(=O)c2ccco2)CC1)C(=O)NCC(=O)Nc1ccc(F)c(F)c1F. The molecule has 34 heavy (non-hydrogen) atoms. The van der Waals surface area contributed by atoms with Crippen LogP contribution in [0.25, 0.3) is 0 Å². The lowest BCUT2D eigenvalue weighted by Crippen LogP contribution is -2.43. The molecule has 1 fully saturated rings. The number of carbonyl (C=O) groups excluding carboxylic acids is 4. The van der Waals surface area contributed by atoms with Crippen molar-refractivity contribution in [2.45, 2.75) is 25.9 Å². The smallest absolute Gasteiger partial charge is 0.309 e. The number of hydrogen-bond acceptors (Lipinski definition) is 6. The number of rotatable bonds is 7. The molecule has 0 bridgehead atoms. The van der Waals surface area contributed by atoms with Gasteiger partial charge in [0.25, 0.3) is 11.8 Å². The van der Waals surface area contributed by atoms with Crippen molar-refractivity contribution in [1.29, 1.82) is 0 Å². The summed E-state index contributed by atoms with van der Waals surface area (Å²) in [5, 5.41) is 4.22. The van der Waals surface area contributed by atoms with Gasteiger partial charge in [0.05, 0.1) is 24.4 Å². The second-order valence-electron chi connectivity index (χ2n) is 7.61. The first-order valence-corrected chi connectivity index (χ1v) is 10.4. The number of piperidine rings is 1. The van der Waals surface area contributed by atoms with E-state index in [1.165, 1.54) is 13.2 Å². The minimum atomic E-state index is -1.74. The van der Waals surface area contributed by atoms with Crippen LogP contribution < -0.4 is 10.6 Å². The Morgan fingerprint density at radius 2 is 1.82 bits per heavy atom. The number of esters is 1. The zero-order valence-corrected chi connectivity index (χ0v) is 18.1. The van der Waals surface area contributed by atoms with Crippen molar-refractivity contribution in [3.05, 3.63) is 53.7 Å². The molecule has 0 aliphatic carbocycles. The number of nitrogens with zero attached hydrogens (tertiary/aromatic N) is 1. The zero-order chi connectivity index (χ0) is 24.8. The molecule has 1 aliphatic heterocycles. The number of hydrogen-bond donors (Lipinski definition) is 2. The number of ether oxygens (including phenoxy) is 1. The number of likely N-dealkylation sites (tertiary alicyclic amines) is 1. The van der Waals surface area contributed by atoms with Crippen molar-refractivity contribution in [2.24, 2.45) is 5.92 Å². The largest absolute Gasteiger partial charge is 0.459 e. The van der Waals surface area contributed by atoms with Crippen molar-refractivity contribution < 1.29 is 41.5 Å². The predicted octanol–water partition coefficient (Wildman–Crippen LogP) is 2.24. The molecule has 2 aromatic rings. The van der Waals surface area contributed by atoms with Crippen molar-refractivity contribution in [3.8, 4) is 0 Å². The molecule has 182 valence electrons.